The number of rotatable bonds is 3. The van der Waals surface area contributed by atoms with Gasteiger partial charge in [-0.3, -0.25) is 0 Å². The molecule has 17 heavy (non-hydrogen) atoms. The van der Waals surface area contributed by atoms with Crippen molar-refractivity contribution in [2.75, 3.05) is 0 Å². The third-order valence-electron chi connectivity index (χ3n) is 3.88. The van der Waals surface area contributed by atoms with Gasteiger partial charge < -0.3 is 5.32 Å². The van der Waals surface area contributed by atoms with Gasteiger partial charge in [-0.2, -0.15) is 0 Å². The first-order chi connectivity index (χ1) is 8.06. The van der Waals surface area contributed by atoms with Crippen molar-refractivity contribution in [2.24, 2.45) is 5.92 Å². The van der Waals surface area contributed by atoms with E-state index in [0.29, 0.717) is 6.04 Å². The molecule has 0 amide bonds. The molecule has 1 aromatic rings. The molecule has 1 aromatic carbocycles. The number of aryl methyl sites for hydroxylation is 1. The van der Waals surface area contributed by atoms with Gasteiger partial charge in [0.25, 0.3) is 0 Å². The zero-order valence-corrected chi connectivity index (χ0v) is 11.0. The zero-order valence-electron chi connectivity index (χ0n) is 11.0. The van der Waals surface area contributed by atoms with E-state index < -0.39 is 0 Å². The van der Waals surface area contributed by atoms with Gasteiger partial charge in [-0.1, -0.05) is 19.1 Å². The Bertz CT molecular complexity index is 389. The first-order valence-corrected chi connectivity index (χ1v) is 6.58. The number of halogens is 1. The molecule has 0 heterocycles. The molecular formula is C15H22FN. The van der Waals surface area contributed by atoms with Crippen LogP contribution in [0.25, 0.3) is 0 Å². The van der Waals surface area contributed by atoms with Gasteiger partial charge >= 0.3 is 0 Å². The van der Waals surface area contributed by atoms with E-state index in [1.807, 2.05) is 12.1 Å². The fourth-order valence-corrected chi connectivity index (χ4v) is 2.69. The maximum absolute atomic E-state index is 13.5. The molecule has 1 aliphatic rings. The van der Waals surface area contributed by atoms with Crippen LogP contribution in [0.4, 0.5) is 4.39 Å². The summed E-state index contributed by atoms with van der Waals surface area (Å²) in [6.07, 6.45) is 3.81. The van der Waals surface area contributed by atoms with E-state index in [-0.39, 0.29) is 11.9 Å². The van der Waals surface area contributed by atoms with E-state index in [4.69, 9.17) is 0 Å². The molecule has 0 spiro atoms. The van der Waals surface area contributed by atoms with Crippen LogP contribution < -0.4 is 5.32 Å². The minimum absolute atomic E-state index is 0.101. The summed E-state index contributed by atoms with van der Waals surface area (Å²) < 4.78 is 13.5. The highest BCUT2D eigenvalue weighted by Crippen LogP contribution is 2.27. The summed E-state index contributed by atoms with van der Waals surface area (Å²) in [5, 5.41) is 3.61. The van der Waals surface area contributed by atoms with Crippen molar-refractivity contribution in [3.05, 3.63) is 35.1 Å². The molecule has 0 radical (unpaired) electrons. The van der Waals surface area contributed by atoms with E-state index in [2.05, 4.69) is 19.2 Å². The first kappa shape index (κ1) is 12.6. The first-order valence-electron chi connectivity index (χ1n) is 6.58. The van der Waals surface area contributed by atoms with Crippen molar-refractivity contribution < 1.29 is 4.39 Å². The van der Waals surface area contributed by atoms with Crippen LogP contribution in [0.15, 0.2) is 18.2 Å². The van der Waals surface area contributed by atoms with Crippen LogP contribution in [0.5, 0.6) is 0 Å². The van der Waals surface area contributed by atoms with Gasteiger partial charge in [0.1, 0.15) is 5.82 Å². The fraction of sp³-hybridized carbons (Fsp3) is 0.600. The van der Waals surface area contributed by atoms with E-state index in [0.717, 1.165) is 17.0 Å². The maximum Gasteiger partial charge on any atom is 0.126 e. The summed E-state index contributed by atoms with van der Waals surface area (Å²) in [4.78, 5) is 0. The van der Waals surface area contributed by atoms with Gasteiger partial charge in [0.05, 0.1) is 0 Å². The lowest BCUT2D eigenvalue weighted by Gasteiger charge is -2.20. The molecule has 0 aromatic heterocycles. The number of nitrogens with one attached hydrogen (secondary N) is 1. The molecule has 0 aliphatic heterocycles. The van der Waals surface area contributed by atoms with E-state index >= 15 is 0 Å². The summed E-state index contributed by atoms with van der Waals surface area (Å²) in [5.74, 6) is 0.727. The van der Waals surface area contributed by atoms with Gasteiger partial charge in [-0.15, -0.1) is 0 Å². The van der Waals surface area contributed by atoms with Gasteiger partial charge in [0.2, 0.25) is 0 Å². The number of hydrogen-bond acceptors (Lipinski definition) is 1. The van der Waals surface area contributed by atoms with Crippen molar-refractivity contribution in [3.63, 3.8) is 0 Å². The van der Waals surface area contributed by atoms with Crippen LogP contribution in [0.3, 0.4) is 0 Å². The summed E-state index contributed by atoms with van der Waals surface area (Å²) in [5.41, 5.74) is 1.77. The molecular weight excluding hydrogens is 213 g/mol. The Hall–Kier alpha value is -0.890. The second kappa shape index (κ2) is 5.18. The highest BCUT2D eigenvalue weighted by molar-refractivity contribution is 5.25. The van der Waals surface area contributed by atoms with Crippen molar-refractivity contribution in [3.8, 4) is 0 Å². The van der Waals surface area contributed by atoms with E-state index in [9.17, 15) is 4.39 Å². The van der Waals surface area contributed by atoms with Gasteiger partial charge in [0, 0.05) is 12.1 Å². The van der Waals surface area contributed by atoms with Crippen LogP contribution in [0, 0.1) is 18.7 Å². The normalized spacial score (nSPS) is 26.1. The van der Waals surface area contributed by atoms with Crippen LogP contribution >= 0.6 is 0 Å². The molecule has 1 nitrogen and oxygen atoms in total. The highest BCUT2D eigenvalue weighted by Gasteiger charge is 2.22. The van der Waals surface area contributed by atoms with E-state index in [1.54, 1.807) is 13.0 Å². The average molecular weight is 235 g/mol. The fourth-order valence-electron chi connectivity index (χ4n) is 2.69. The standard InChI is InChI=1S/C15H22FN/c1-10-4-7-14(8-10)17-12(3)13-6-5-11(2)15(16)9-13/h5-6,9-10,12,14,17H,4,7-8H2,1-3H3. The Balaban J connectivity index is 1.99. The second-order valence-electron chi connectivity index (χ2n) is 5.51. The van der Waals surface area contributed by atoms with Gasteiger partial charge in [0.15, 0.2) is 0 Å². The van der Waals surface area contributed by atoms with E-state index in [1.165, 1.54) is 19.3 Å². The zero-order chi connectivity index (χ0) is 12.4. The quantitative estimate of drug-likeness (QED) is 0.835. The molecule has 1 saturated carbocycles. The van der Waals surface area contributed by atoms with Gasteiger partial charge in [-0.25, -0.2) is 4.39 Å². The Morgan fingerprint density at radius 1 is 1.35 bits per heavy atom. The molecule has 3 unspecified atom stereocenters. The number of benzene rings is 1. The Kier molecular flexibility index (Phi) is 3.82. The molecule has 0 saturated heterocycles. The lowest BCUT2D eigenvalue weighted by atomic mass is 10.0. The molecule has 1 N–H and O–H groups in total. The molecule has 1 aliphatic carbocycles. The summed E-state index contributed by atoms with van der Waals surface area (Å²) in [6.45, 7) is 6.22. The minimum Gasteiger partial charge on any atom is -0.307 e. The predicted octanol–water partition coefficient (Wildman–Crippen LogP) is 3.97. The maximum atomic E-state index is 13.5. The topological polar surface area (TPSA) is 12.0 Å². The molecule has 94 valence electrons. The SMILES string of the molecule is Cc1ccc(C(C)NC2CCC(C)C2)cc1F. The predicted molar refractivity (Wildman–Crippen MR) is 69.5 cm³/mol. The van der Waals surface area contributed by atoms with Crippen molar-refractivity contribution in [1.82, 2.24) is 5.32 Å². The average Bonchev–Trinajstić information content (AvgIpc) is 2.68. The Morgan fingerprint density at radius 2 is 2.12 bits per heavy atom. The van der Waals surface area contributed by atoms with Gasteiger partial charge in [-0.05, 0) is 56.2 Å². The summed E-state index contributed by atoms with van der Waals surface area (Å²) in [7, 11) is 0. The van der Waals surface area contributed by atoms with Crippen molar-refractivity contribution in [2.45, 2.75) is 52.1 Å². The largest absolute Gasteiger partial charge is 0.307 e. The Labute approximate surface area is 103 Å². The molecule has 1 fully saturated rings. The molecule has 3 atom stereocenters. The van der Waals surface area contributed by atoms with Crippen LogP contribution in [0.2, 0.25) is 0 Å². The van der Waals surface area contributed by atoms with Crippen LogP contribution in [-0.2, 0) is 0 Å². The monoisotopic (exact) mass is 235 g/mol. The second-order valence-corrected chi connectivity index (χ2v) is 5.51. The van der Waals surface area contributed by atoms with Crippen LogP contribution in [0.1, 0.15) is 50.3 Å². The minimum atomic E-state index is -0.101. The lowest BCUT2D eigenvalue weighted by molar-refractivity contribution is 0.447. The Morgan fingerprint density at radius 3 is 2.71 bits per heavy atom. The molecule has 2 heteroatoms. The van der Waals surface area contributed by atoms with Crippen molar-refractivity contribution >= 4 is 0 Å². The summed E-state index contributed by atoms with van der Waals surface area (Å²) in [6, 6.07) is 6.38. The molecule has 0 bridgehead atoms. The third-order valence-corrected chi connectivity index (χ3v) is 3.88. The third kappa shape index (κ3) is 3.06. The highest BCUT2D eigenvalue weighted by atomic mass is 19.1. The smallest absolute Gasteiger partial charge is 0.126 e. The van der Waals surface area contributed by atoms with Crippen molar-refractivity contribution in [1.29, 1.82) is 0 Å². The molecule has 2 rings (SSSR count). The number of hydrogen-bond donors (Lipinski definition) is 1. The van der Waals surface area contributed by atoms with Crippen LogP contribution in [-0.4, -0.2) is 6.04 Å². The summed E-state index contributed by atoms with van der Waals surface area (Å²) >= 11 is 0. The lowest BCUT2D eigenvalue weighted by Crippen LogP contribution is -2.29.